The van der Waals surface area contributed by atoms with Crippen molar-refractivity contribution in [2.75, 3.05) is 7.05 Å². The molecule has 0 saturated heterocycles. The van der Waals surface area contributed by atoms with E-state index in [0.29, 0.717) is 12.1 Å². The number of nitrogens with zero attached hydrogens (tertiary/aromatic N) is 2. The fourth-order valence-corrected chi connectivity index (χ4v) is 2.05. The molecule has 2 rings (SSSR count). The molecule has 1 aliphatic rings. The van der Waals surface area contributed by atoms with Crippen LogP contribution in [0.25, 0.3) is 0 Å². The van der Waals surface area contributed by atoms with E-state index in [2.05, 4.69) is 15.3 Å². The van der Waals surface area contributed by atoms with Crippen molar-refractivity contribution in [1.29, 1.82) is 0 Å². The van der Waals surface area contributed by atoms with Gasteiger partial charge in [0.1, 0.15) is 6.10 Å². The van der Waals surface area contributed by atoms with Gasteiger partial charge in [-0.05, 0) is 32.4 Å². The maximum absolute atomic E-state index is 5.77. The molecule has 1 heterocycles. The van der Waals surface area contributed by atoms with Crippen molar-refractivity contribution in [3.05, 3.63) is 18.5 Å². The molecule has 0 aromatic carbocycles. The van der Waals surface area contributed by atoms with E-state index in [-0.39, 0.29) is 6.10 Å². The first kappa shape index (κ1) is 10.4. The summed E-state index contributed by atoms with van der Waals surface area (Å²) in [4.78, 5) is 8.16. The van der Waals surface area contributed by atoms with Crippen molar-refractivity contribution in [3.63, 3.8) is 0 Å². The minimum atomic E-state index is 0.214. The van der Waals surface area contributed by atoms with Crippen LogP contribution in [-0.2, 0) is 0 Å². The fourth-order valence-electron chi connectivity index (χ4n) is 2.05. The summed E-state index contributed by atoms with van der Waals surface area (Å²) in [7, 11) is 1.98. The molecule has 0 radical (unpaired) electrons. The zero-order valence-corrected chi connectivity index (χ0v) is 9.02. The lowest BCUT2D eigenvalue weighted by atomic mass is 9.92. The first-order valence-electron chi connectivity index (χ1n) is 5.51. The predicted molar refractivity (Wildman–Crippen MR) is 57.8 cm³/mol. The Morgan fingerprint density at radius 2 is 2.00 bits per heavy atom. The maximum atomic E-state index is 5.77. The third-order valence-corrected chi connectivity index (χ3v) is 2.87. The Morgan fingerprint density at radius 3 is 2.73 bits per heavy atom. The predicted octanol–water partition coefficient (Wildman–Crippen LogP) is 1.39. The number of nitrogens with one attached hydrogen (secondary N) is 1. The Bertz CT molecular complexity index is 291. The third-order valence-electron chi connectivity index (χ3n) is 2.87. The highest BCUT2D eigenvalue weighted by atomic mass is 16.5. The van der Waals surface area contributed by atoms with E-state index in [9.17, 15) is 0 Å². The SMILES string of the molecule is CNC1CCCCC1Oc1ncccn1. The van der Waals surface area contributed by atoms with Gasteiger partial charge in [0, 0.05) is 18.4 Å². The Balaban J connectivity index is 1.97. The third kappa shape index (κ3) is 2.65. The van der Waals surface area contributed by atoms with Crippen molar-refractivity contribution in [2.24, 2.45) is 0 Å². The van der Waals surface area contributed by atoms with Crippen molar-refractivity contribution < 1.29 is 4.74 Å². The average Bonchev–Trinajstić information content (AvgIpc) is 2.31. The molecule has 1 fully saturated rings. The number of aromatic nitrogens is 2. The lowest BCUT2D eigenvalue weighted by Crippen LogP contribution is -2.43. The van der Waals surface area contributed by atoms with Crippen LogP contribution in [0, 0.1) is 0 Å². The molecular formula is C11H17N3O. The molecule has 82 valence electrons. The van der Waals surface area contributed by atoms with Crippen LogP contribution in [0.3, 0.4) is 0 Å². The van der Waals surface area contributed by atoms with Crippen LogP contribution >= 0.6 is 0 Å². The minimum absolute atomic E-state index is 0.214. The molecule has 1 aromatic rings. The molecule has 2 unspecified atom stereocenters. The van der Waals surface area contributed by atoms with Crippen molar-refractivity contribution in [2.45, 2.75) is 37.8 Å². The topological polar surface area (TPSA) is 47.0 Å². The minimum Gasteiger partial charge on any atom is -0.458 e. The van der Waals surface area contributed by atoms with Gasteiger partial charge >= 0.3 is 6.01 Å². The van der Waals surface area contributed by atoms with E-state index in [1.165, 1.54) is 19.3 Å². The first-order chi connectivity index (χ1) is 7.40. The highest BCUT2D eigenvalue weighted by molar-refractivity contribution is 4.96. The largest absolute Gasteiger partial charge is 0.458 e. The van der Waals surface area contributed by atoms with Crippen LogP contribution in [0.5, 0.6) is 6.01 Å². The van der Waals surface area contributed by atoms with E-state index in [1.807, 2.05) is 7.05 Å². The molecule has 1 aromatic heterocycles. The Hall–Kier alpha value is -1.16. The van der Waals surface area contributed by atoms with Crippen LogP contribution in [-0.4, -0.2) is 29.2 Å². The van der Waals surface area contributed by atoms with Crippen LogP contribution in [0.15, 0.2) is 18.5 Å². The van der Waals surface area contributed by atoms with E-state index < -0.39 is 0 Å². The molecule has 15 heavy (non-hydrogen) atoms. The monoisotopic (exact) mass is 207 g/mol. The Labute approximate surface area is 90.1 Å². The van der Waals surface area contributed by atoms with Gasteiger partial charge in [-0.2, -0.15) is 0 Å². The summed E-state index contributed by atoms with van der Waals surface area (Å²) in [5.41, 5.74) is 0. The van der Waals surface area contributed by atoms with Crippen molar-refractivity contribution in [3.8, 4) is 6.01 Å². The summed E-state index contributed by atoms with van der Waals surface area (Å²) in [6.45, 7) is 0. The van der Waals surface area contributed by atoms with Gasteiger partial charge in [-0.15, -0.1) is 0 Å². The first-order valence-corrected chi connectivity index (χ1v) is 5.51. The van der Waals surface area contributed by atoms with Gasteiger partial charge in [-0.25, -0.2) is 9.97 Å². The zero-order chi connectivity index (χ0) is 10.5. The number of likely N-dealkylation sites (N-methyl/N-ethyl adjacent to an activating group) is 1. The second-order valence-corrected chi connectivity index (χ2v) is 3.87. The summed E-state index contributed by atoms with van der Waals surface area (Å²) >= 11 is 0. The van der Waals surface area contributed by atoms with E-state index in [1.54, 1.807) is 18.5 Å². The van der Waals surface area contributed by atoms with Gasteiger partial charge in [0.25, 0.3) is 0 Å². The molecule has 1 saturated carbocycles. The second-order valence-electron chi connectivity index (χ2n) is 3.87. The second kappa shape index (κ2) is 5.07. The van der Waals surface area contributed by atoms with Gasteiger partial charge in [-0.1, -0.05) is 6.42 Å². The van der Waals surface area contributed by atoms with Crippen molar-refractivity contribution in [1.82, 2.24) is 15.3 Å². The molecular weight excluding hydrogens is 190 g/mol. The lowest BCUT2D eigenvalue weighted by Gasteiger charge is -2.30. The van der Waals surface area contributed by atoms with Gasteiger partial charge in [-0.3, -0.25) is 0 Å². The number of rotatable bonds is 3. The van der Waals surface area contributed by atoms with Gasteiger partial charge in [0.15, 0.2) is 0 Å². The van der Waals surface area contributed by atoms with E-state index in [0.717, 1.165) is 6.42 Å². The molecule has 2 atom stereocenters. The fraction of sp³-hybridized carbons (Fsp3) is 0.636. The average molecular weight is 207 g/mol. The molecule has 0 spiro atoms. The molecule has 4 heteroatoms. The van der Waals surface area contributed by atoms with Crippen LogP contribution in [0.1, 0.15) is 25.7 Å². The highest BCUT2D eigenvalue weighted by Crippen LogP contribution is 2.21. The molecule has 1 N–H and O–H groups in total. The maximum Gasteiger partial charge on any atom is 0.316 e. The van der Waals surface area contributed by atoms with Crippen LogP contribution < -0.4 is 10.1 Å². The Morgan fingerprint density at radius 1 is 1.27 bits per heavy atom. The summed E-state index contributed by atoms with van der Waals surface area (Å²) < 4.78 is 5.77. The van der Waals surface area contributed by atoms with Crippen LogP contribution in [0.2, 0.25) is 0 Å². The van der Waals surface area contributed by atoms with Gasteiger partial charge in [0.2, 0.25) is 0 Å². The molecule has 1 aliphatic carbocycles. The molecule has 0 bridgehead atoms. The molecule has 0 aliphatic heterocycles. The summed E-state index contributed by atoms with van der Waals surface area (Å²) in [6, 6.07) is 2.72. The Kier molecular flexibility index (Phi) is 3.50. The normalized spacial score (nSPS) is 26.2. The van der Waals surface area contributed by atoms with Gasteiger partial charge in [0.05, 0.1) is 0 Å². The van der Waals surface area contributed by atoms with Crippen molar-refractivity contribution >= 4 is 0 Å². The quantitative estimate of drug-likeness (QED) is 0.813. The van der Waals surface area contributed by atoms with Crippen LogP contribution in [0.4, 0.5) is 0 Å². The van der Waals surface area contributed by atoms with E-state index in [4.69, 9.17) is 4.74 Å². The molecule has 4 nitrogen and oxygen atoms in total. The standard InChI is InChI=1S/C11H17N3O/c1-12-9-5-2-3-6-10(9)15-11-13-7-4-8-14-11/h4,7-10,12H,2-3,5-6H2,1H3. The number of ether oxygens (including phenoxy) is 1. The number of hydrogen-bond donors (Lipinski definition) is 1. The molecule has 0 amide bonds. The van der Waals surface area contributed by atoms with E-state index >= 15 is 0 Å². The zero-order valence-electron chi connectivity index (χ0n) is 9.02. The smallest absolute Gasteiger partial charge is 0.316 e. The summed E-state index contributed by atoms with van der Waals surface area (Å²) in [5.74, 6) is 0. The number of hydrogen-bond acceptors (Lipinski definition) is 4. The highest BCUT2D eigenvalue weighted by Gasteiger charge is 2.25. The summed E-state index contributed by atoms with van der Waals surface area (Å²) in [5, 5.41) is 3.29. The van der Waals surface area contributed by atoms with Gasteiger partial charge < -0.3 is 10.1 Å². The summed E-state index contributed by atoms with van der Waals surface area (Å²) in [6.07, 6.45) is 8.40. The lowest BCUT2D eigenvalue weighted by molar-refractivity contribution is 0.107.